The Morgan fingerprint density at radius 3 is 2.23 bits per heavy atom. The number of allylic oxidation sites excluding steroid dienone is 2. The Morgan fingerprint density at radius 2 is 1.51 bits per heavy atom. The van der Waals surface area contributed by atoms with Gasteiger partial charge in [0.2, 0.25) is 0 Å². The molecule has 0 nitrogen and oxygen atoms in total. The molecule has 4 aromatic rings. The van der Waals surface area contributed by atoms with E-state index in [0.717, 1.165) is 10.0 Å². The molecule has 5 unspecified atom stereocenters. The minimum absolute atomic E-state index is 0.214. The number of rotatable bonds is 10. The predicted octanol–water partition coefficient (Wildman–Crippen LogP) is 13.0. The number of fused-ring (bicyclic) bond motifs is 4. The van der Waals surface area contributed by atoms with Gasteiger partial charge in [-0.05, 0) is 0 Å². The third kappa shape index (κ3) is 4.72. The molecule has 2 aliphatic carbocycles. The maximum absolute atomic E-state index is 2.64. The van der Waals surface area contributed by atoms with Gasteiger partial charge in [0, 0.05) is 0 Å². The Labute approximate surface area is 264 Å². The van der Waals surface area contributed by atoms with Crippen molar-refractivity contribution in [1.82, 2.24) is 0 Å². The Hall–Kier alpha value is -2.50. The van der Waals surface area contributed by atoms with E-state index < -0.39 is 20.3 Å². The molecule has 5 atom stereocenters. The van der Waals surface area contributed by atoms with Gasteiger partial charge in [-0.1, -0.05) is 0 Å². The second-order valence-electron chi connectivity index (χ2n) is 14.1. The quantitative estimate of drug-likeness (QED) is 0.161. The summed E-state index contributed by atoms with van der Waals surface area (Å²) in [5.74, 6) is 0.960. The number of unbranched alkanes of at least 4 members (excludes halogenated alkanes) is 1. The average Bonchev–Trinajstić information content (AvgIpc) is 3.34. The van der Waals surface area contributed by atoms with Gasteiger partial charge in [0.05, 0.1) is 0 Å². The summed E-state index contributed by atoms with van der Waals surface area (Å²) in [5, 5.41) is 2.80. The van der Waals surface area contributed by atoms with Gasteiger partial charge in [0.15, 0.2) is 0 Å². The standard InChI is InChI=1S/C35H33.C4H9.C3H6.Zr/c1-5-24-22-32-28(25-13-8-7-9-14-25)17-12-18-29(32)34(24)35(4,6-2)33-23(3)21-31-27-16-11-10-15-26(27)19-20-30(31)33;1-3-4-2;1-3-2;/h7-22,33-34H,4-6H2,1-3H3;1,3-4H2,2H3;3H,1H2,2H3;. The van der Waals surface area contributed by atoms with Crippen molar-refractivity contribution in [2.24, 2.45) is 5.41 Å². The predicted molar refractivity (Wildman–Crippen MR) is 185 cm³/mol. The monoisotopic (exact) mass is 642 g/mol. The van der Waals surface area contributed by atoms with Crippen molar-refractivity contribution in [3.8, 4) is 11.1 Å². The van der Waals surface area contributed by atoms with Crippen molar-refractivity contribution >= 4 is 22.9 Å². The van der Waals surface area contributed by atoms with Crippen LogP contribution >= 0.6 is 0 Å². The Kier molecular flexibility index (Phi) is 7.79. The van der Waals surface area contributed by atoms with E-state index in [1.807, 2.05) is 0 Å². The molecule has 1 aliphatic heterocycles. The molecule has 43 heavy (non-hydrogen) atoms. The first-order chi connectivity index (χ1) is 21.0. The summed E-state index contributed by atoms with van der Waals surface area (Å²) in [4.78, 5) is 0. The van der Waals surface area contributed by atoms with Gasteiger partial charge in [-0.25, -0.2) is 0 Å². The van der Waals surface area contributed by atoms with Gasteiger partial charge in [-0.15, -0.1) is 0 Å². The van der Waals surface area contributed by atoms with E-state index in [2.05, 4.69) is 132 Å². The van der Waals surface area contributed by atoms with Crippen LogP contribution in [0.2, 0.25) is 16.0 Å². The fourth-order valence-electron chi connectivity index (χ4n) is 9.69. The first kappa shape index (κ1) is 29.2. The van der Waals surface area contributed by atoms with E-state index in [4.69, 9.17) is 0 Å². The van der Waals surface area contributed by atoms with Gasteiger partial charge in [-0.2, -0.15) is 0 Å². The molecule has 0 bridgehead atoms. The zero-order valence-electron chi connectivity index (χ0n) is 26.9. The Balaban J connectivity index is 1.45. The molecule has 0 aromatic heterocycles. The van der Waals surface area contributed by atoms with Crippen molar-refractivity contribution in [1.29, 1.82) is 0 Å². The SMILES string of the molecule is CCC[CH2][Zr]1([CH2]C(CC)(C2C(CC)=Cc3c(-c4ccccc4)cccc32)C2C(C)=Cc3c2ccc2ccccc32)[CH2][CH]1C. The molecule has 0 saturated carbocycles. The van der Waals surface area contributed by atoms with Gasteiger partial charge in [-0.3, -0.25) is 0 Å². The van der Waals surface area contributed by atoms with E-state index in [1.54, 1.807) is 30.5 Å². The summed E-state index contributed by atoms with van der Waals surface area (Å²) in [6.45, 7) is 12.5. The Bertz CT molecular complexity index is 1720. The van der Waals surface area contributed by atoms with Gasteiger partial charge in [0.25, 0.3) is 0 Å². The second kappa shape index (κ2) is 11.5. The molecule has 4 aromatic carbocycles. The van der Waals surface area contributed by atoms with Gasteiger partial charge >= 0.3 is 266 Å². The van der Waals surface area contributed by atoms with Crippen LogP contribution in [0.5, 0.6) is 0 Å². The molecule has 3 aliphatic rings. The van der Waals surface area contributed by atoms with Gasteiger partial charge in [0.1, 0.15) is 0 Å². The van der Waals surface area contributed by atoms with Crippen molar-refractivity contribution in [3.63, 3.8) is 0 Å². The van der Waals surface area contributed by atoms with Crippen LogP contribution < -0.4 is 0 Å². The zero-order chi connectivity index (χ0) is 29.8. The van der Waals surface area contributed by atoms with Crippen LogP contribution in [0.1, 0.15) is 94.4 Å². The summed E-state index contributed by atoms with van der Waals surface area (Å²) in [6.07, 6.45) is 10.4. The number of benzene rings is 4. The fourth-order valence-corrected chi connectivity index (χ4v) is 27.4. The molecule has 0 radical (unpaired) electrons. The minimum atomic E-state index is -2.31. The summed E-state index contributed by atoms with van der Waals surface area (Å²) >= 11 is -2.31. The van der Waals surface area contributed by atoms with E-state index >= 15 is 0 Å². The van der Waals surface area contributed by atoms with Crippen molar-refractivity contribution in [2.45, 2.75) is 88.1 Å². The molecule has 1 heteroatoms. The molecular formula is C42H48Zr. The topological polar surface area (TPSA) is 0 Å². The number of hydrogen-bond donors (Lipinski definition) is 0. The first-order valence-electron chi connectivity index (χ1n) is 17.0. The summed E-state index contributed by atoms with van der Waals surface area (Å²) in [7, 11) is 0. The summed E-state index contributed by atoms with van der Waals surface area (Å²) in [6, 6.07) is 32.3. The molecular weight excluding hydrogens is 596 g/mol. The first-order valence-corrected chi connectivity index (χ1v) is 23.7. The second-order valence-corrected chi connectivity index (χ2v) is 26.3. The van der Waals surface area contributed by atoms with E-state index in [-0.39, 0.29) is 5.41 Å². The molecule has 0 N–H and O–H groups in total. The number of hydrogen-bond acceptors (Lipinski definition) is 0. The van der Waals surface area contributed by atoms with Crippen LogP contribution in [0.4, 0.5) is 0 Å². The fraction of sp³-hybridized carbons (Fsp3) is 0.381. The van der Waals surface area contributed by atoms with E-state index in [0.29, 0.717) is 11.8 Å². The van der Waals surface area contributed by atoms with E-state index in [1.165, 1.54) is 56.4 Å². The Morgan fingerprint density at radius 1 is 0.767 bits per heavy atom. The van der Waals surface area contributed by atoms with Gasteiger partial charge < -0.3 is 0 Å². The molecule has 220 valence electrons. The molecule has 7 rings (SSSR count). The normalized spacial score (nSPS) is 25.2. The molecule has 1 saturated heterocycles. The molecule has 1 fully saturated rings. The van der Waals surface area contributed by atoms with Crippen LogP contribution in [-0.4, -0.2) is 0 Å². The van der Waals surface area contributed by atoms with Crippen LogP contribution in [0, 0.1) is 5.41 Å². The van der Waals surface area contributed by atoms with Crippen molar-refractivity contribution in [2.75, 3.05) is 0 Å². The third-order valence-corrected chi connectivity index (χ3v) is 26.4. The summed E-state index contributed by atoms with van der Waals surface area (Å²) in [5.41, 5.74) is 12.4. The average molecular weight is 644 g/mol. The zero-order valence-corrected chi connectivity index (χ0v) is 29.4. The van der Waals surface area contributed by atoms with Crippen molar-refractivity contribution in [3.05, 3.63) is 118 Å². The van der Waals surface area contributed by atoms with E-state index in [9.17, 15) is 0 Å². The van der Waals surface area contributed by atoms with Crippen LogP contribution in [0.15, 0.2) is 96.1 Å². The van der Waals surface area contributed by atoms with Crippen LogP contribution in [-0.2, 0) is 20.3 Å². The maximum atomic E-state index is 2.64. The molecule has 0 amide bonds. The molecule has 1 heterocycles. The third-order valence-electron chi connectivity index (χ3n) is 11.9. The van der Waals surface area contributed by atoms with Crippen molar-refractivity contribution < 1.29 is 20.3 Å². The summed E-state index contributed by atoms with van der Waals surface area (Å²) < 4.78 is 5.74. The van der Waals surface area contributed by atoms with Crippen LogP contribution in [0.3, 0.4) is 0 Å². The molecule has 0 spiro atoms. The van der Waals surface area contributed by atoms with Crippen LogP contribution in [0.25, 0.3) is 34.1 Å².